The highest BCUT2D eigenvalue weighted by Gasteiger charge is 2.32. The van der Waals surface area contributed by atoms with Crippen molar-refractivity contribution in [2.45, 2.75) is 31.6 Å². The number of amides is 1. The lowest BCUT2D eigenvalue weighted by Crippen LogP contribution is -2.43. The second-order valence-corrected chi connectivity index (χ2v) is 9.68. The predicted octanol–water partition coefficient (Wildman–Crippen LogP) is 2.91. The molecule has 1 aliphatic rings. The zero-order valence-electron chi connectivity index (χ0n) is 18.3. The van der Waals surface area contributed by atoms with E-state index in [0.29, 0.717) is 49.7 Å². The van der Waals surface area contributed by atoms with Crippen molar-refractivity contribution in [1.29, 1.82) is 0 Å². The van der Waals surface area contributed by atoms with E-state index in [-0.39, 0.29) is 11.8 Å². The normalized spacial score (nSPS) is 15.5. The molecule has 2 aromatic rings. The molecule has 0 spiro atoms. The first-order valence-corrected chi connectivity index (χ1v) is 11.9. The maximum atomic E-state index is 12.9. The Balaban J connectivity index is 1.44. The summed E-state index contributed by atoms with van der Waals surface area (Å²) in [6.07, 6.45) is 1.02. The van der Waals surface area contributed by atoms with Gasteiger partial charge >= 0.3 is 0 Å². The summed E-state index contributed by atoms with van der Waals surface area (Å²) >= 11 is 0. The van der Waals surface area contributed by atoms with Gasteiger partial charge in [-0.1, -0.05) is 6.07 Å². The molecular weight excluding hydrogens is 416 g/mol. The Hall–Kier alpha value is -2.58. The van der Waals surface area contributed by atoms with Gasteiger partial charge in [-0.05, 0) is 74.2 Å². The number of sulfonamides is 1. The van der Waals surface area contributed by atoms with E-state index in [2.05, 4.69) is 5.32 Å². The minimum atomic E-state index is -3.53. The number of carbonyl (C=O) groups excluding carboxylic acids is 1. The lowest BCUT2D eigenvalue weighted by atomic mass is 9.97. The zero-order valence-corrected chi connectivity index (χ0v) is 19.1. The number of carbonyl (C=O) groups is 1. The van der Waals surface area contributed by atoms with Crippen LogP contribution in [0.2, 0.25) is 0 Å². The number of rotatable bonds is 8. The second kappa shape index (κ2) is 10.2. The summed E-state index contributed by atoms with van der Waals surface area (Å²) in [5, 5.41) is 2.89. The number of aryl methyl sites for hydroxylation is 2. The van der Waals surface area contributed by atoms with E-state index < -0.39 is 10.0 Å². The molecule has 1 amide bonds. The molecule has 0 bridgehead atoms. The number of benzene rings is 2. The molecule has 1 N–H and O–H groups in total. The molecule has 1 heterocycles. The van der Waals surface area contributed by atoms with Gasteiger partial charge in [0.25, 0.3) is 0 Å². The maximum absolute atomic E-state index is 12.9. The second-order valence-electron chi connectivity index (χ2n) is 7.74. The number of piperidine rings is 1. The Morgan fingerprint density at radius 3 is 2.29 bits per heavy atom. The van der Waals surface area contributed by atoms with Crippen molar-refractivity contribution >= 4 is 15.9 Å². The molecule has 0 unspecified atom stereocenters. The van der Waals surface area contributed by atoms with Gasteiger partial charge in [0.2, 0.25) is 15.9 Å². The van der Waals surface area contributed by atoms with Crippen LogP contribution >= 0.6 is 0 Å². The number of methoxy groups -OCH3 is 1. The van der Waals surface area contributed by atoms with Gasteiger partial charge in [-0.15, -0.1) is 0 Å². The molecule has 168 valence electrons. The topological polar surface area (TPSA) is 84.9 Å². The van der Waals surface area contributed by atoms with Crippen molar-refractivity contribution in [1.82, 2.24) is 9.62 Å². The summed E-state index contributed by atoms with van der Waals surface area (Å²) in [6.45, 7) is 5.30. The average Bonchev–Trinajstić information content (AvgIpc) is 2.78. The average molecular weight is 447 g/mol. The van der Waals surface area contributed by atoms with Crippen LogP contribution in [-0.4, -0.2) is 52.0 Å². The molecule has 0 atom stereocenters. The monoisotopic (exact) mass is 446 g/mol. The van der Waals surface area contributed by atoms with Crippen LogP contribution in [0.15, 0.2) is 47.4 Å². The number of nitrogens with zero attached hydrogens (tertiary/aromatic N) is 1. The molecule has 31 heavy (non-hydrogen) atoms. The van der Waals surface area contributed by atoms with Crippen molar-refractivity contribution in [3.05, 3.63) is 53.6 Å². The fourth-order valence-corrected chi connectivity index (χ4v) is 5.10. The van der Waals surface area contributed by atoms with Gasteiger partial charge in [0.15, 0.2) is 0 Å². The first-order chi connectivity index (χ1) is 14.8. The van der Waals surface area contributed by atoms with E-state index in [9.17, 15) is 13.2 Å². The molecule has 0 aliphatic carbocycles. The molecule has 2 aromatic carbocycles. The molecule has 1 fully saturated rings. The Kier molecular flexibility index (Phi) is 7.56. The van der Waals surface area contributed by atoms with Gasteiger partial charge in [-0.3, -0.25) is 4.79 Å². The molecule has 7 nitrogen and oxygen atoms in total. The summed E-state index contributed by atoms with van der Waals surface area (Å²) in [7, 11) is -1.93. The number of nitrogens with one attached hydrogen (secondary N) is 1. The van der Waals surface area contributed by atoms with Crippen LogP contribution in [-0.2, 0) is 14.8 Å². The third-order valence-corrected chi connectivity index (χ3v) is 7.56. The standard InChI is InChI=1S/C23H30N2O5S/c1-17-4-9-22(16-18(17)2)31(27,28)25-13-10-19(11-14-25)23(26)24-12-15-30-21-7-5-20(29-3)6-8-21/h4-9,16,19H,10-15H2,1-3H3,(H,24,26). The van der Waals surface area contributed by atoms with Crippen LogP contribution in [0.25, 0.3) is 0 Å². The molecular formula is C23H30N2O5S. The smallest absolute Gasteiger partial charge is 0.243 e. The van der Waals surface area contributed by atoms with Crippen molar-refractivity contribution in [2.75, 3.05) is 33.4 Å². The van der Waals surface area contributed by atoms with E-state index in [1.54, 1.807) is 19.2 Å². The molecule has 8 heteroatoms. The summed E-state index contributed by atoms with van der Waals surface area (Å²) in [5.41, 5.74) is 2.01. The van der Waals surface area contributed by atoms with Gasteiger partial charge in [0.05, 0.1) is 18.6 Å². The van der Waals surface area contributed by atoms with Crippen molar-refractivity contribution in [3.63, 3.8) is 0 Å². The largest absolute Gasteiger partial charge is 0.497 e. The van der Waals surface area contributed by atoms with E-state index >= 15 is 0 Å². The van der Waals surface area contributed by atoms with Crippen LogP contribution in [0.3, 0.4) is 0 Å². The molecule has 3 rings (SSSR count). The van der Waals surface area contributed by atoms with Crippen LogP contribution in [0.4, 0.5) is 0 Å². The lowest BCUT2D eigenvalue weighted by Gasteiger charge is -2.30. The minimum Gasteiger partial charge on any atom is -0.497 e. The fraction of sp³-hybridized carbons (Fsp3) is 0.435. The quantitative estimate of drug-likeness (QED) is 0.631. The highest BCUT2D eigenvalue weighted by Crippen LogP contribution is 2.25. The predicted molar refractivity (Wildman–Crippen MR) is 119 cm³/mol. The van der Waals surface area contributed by atoms with Crippen molar-refractivity contribution < 1.29 is 22.7 Å². The van der Waals surface area contributed by atoms with Crippen LogP contribution in [0.1, 0.15) is 24.0 Å². The maximum Gasteiger partial charge on any atom is 0.243 e. The van der Waals surface area contributed by atoms with Gasteiger partial charge in [-0.2, -0.15) is 4.31 Å². The summed E-state index contributed by atoms with van der Waals surface area (Å²) in [4.78, 5) is 12.8. The molecule has 1 saturated heterocycles. The van der Waals surface area contributed by atoms with Crippen LogP contribution in [0, 0.1) is 19.8 Å². The Morgan fingerprint density at radius 2 is 1.68 bits per heavy atom. The molecule has 0 radical (unpaired) electrons. The minimum absolute atomic E-state index is 0.0541. The lowest BCUT2D eigenvalue weighted by molar-refractivity contribution is -0.126. The first-order valence-electron chi connectivity index (χ1n) is 10.4. The van der Waals surface area contributed by atoms with E-state index in [0.717, 1.165) is 16.9 Å². The third-order valence-electron chi connectivity index (χ3n) is 5.67. The van der Waals surface area contributed by atoms with Crippen LogP contribution in [0.5, 0.6) is 11.5 Å². The molecule has 0 saturated carbocycles. The SMILES string of the molecule is COc1ccc(OCCNC(=O)C2CCN(S(=O)(=O)c3ccc(C)c(C)c3)CC2)cc1. The van der Waals surface area contributed by atoms with Gasteiger partial charge in [-0.25, -0.2) is 8.42 Å². The fourth-order valence-electron chi connectivity index (χ4n) is 3.54. The molecule has 0 aromatic heterocycles. The summed E-state index contributed by atoms with van der Waals surface area (Å²) in [5.74, 6) is 1.22. The zero-order chi connectivity index (χ0) is 22.4. The van der Waals surface area contributed by atoms with E-state index in [1.165, 1.54) is 4.31 Å². The Morgan fingerprint density at radius 1 is 1.03 bits per heavy atom. The van der Waals surface area contributed by atoms with Gasteiger partial charge in [0.1, 0.15) is 18.1 Å². The first kappa shape index (κ1) is 23.1. The van der Waals surface area contributed by atoms with Crippen molar-refractivity contribution in [3.8, 4) is 11.5 Å². The van der Waals surface area contributed by atoms with Crippen LogP contribution < -0.4 is 14.8 Å². The Bertz CT molecular complexity index is 997. The summed E-state index contributed by atoms with van der Waals surface area (Å²) in [6, 6.07) is 12.4. The van der Waals surface area contributed by atoms with E-state index in [4.69, 9.17) is 9.47 Å². The number of hydrogen-bond donors (Lipinski definition) is 1. The van der Waals surface area contributed by atoms with Crippen molar-refractivity contribution in [2.24, 2.45) is 5.92 Å². The number of ether oxygens (including phenoxy) is 2. The third kappa shape index (κ3) is 5.77. The van der Waals surface area contributed by atoms with Gasteiger partial charge in [0, 0.05) is 19.0 Å². The summed E-state index contributed by atoms with van der Waals surface area (Å²) < 4.78 is 38.0. The Labute approximate surface area is 184 Å². The highest BCUT2D eigenvalue weighted by atomic mass is 32.2. The van der Waals surface area contributed by atoms with E-state index in [1.807, 2.05) is 44.2 Å². The number of hydrogen-bond acceptors (Lipinski definition) is 5. The van der Waals surface area contributed by atoms with Gasteiger partial charge < -0.3 is 14.8 Å². The highest BCUT2D eigenvalue weighted by molar-refractivity contribution is 7.89. The molecule has 1 aliphatic heterocycles.